The van der Waals surface area contributed by atoms with E-state index in [1.807, 2.05) is 4.68 Å². The van der Waals surface area contributed by atoms with E-state index >= 15 is 0 Å². The van der Waals surface area contributed by atoms with Gasteiger partial charge in [0.1, 0.15) is 10.4 Å². The molecule has 182 valence electrons. The lowest BCUT2D eigenvalue weighted by Gasteiger charge is -2.42. The van der Waals surface area contributed by atoms with E-state index in [0.29, 0.717) is 17.0 Å². The molecule has 0 saturated carbocycles. The van der Waals surface area contributed by atoms with E-state index in [9.17, 15) is 4.79 Å². The van der Waals surface area contributed by atoms with Gasteiger partial charge in [0, 0.05) is 32.2 Å². The third-order valence-electron chi connectivity index (χ3n) is 7.74. The van der Waals surface area contributed by atoms with Crippen molar-refractivity contribution in [1.29, 1.82) is 0 Å². The number of carbonyl (C=O) groups is 1. The van der Waals surface area contributed by atoms with Crippen molar-refractivity contribution >= 4 is 55.2 Å². The Morgan fingerprint density at radius 2 is 1.86 bits per heavy atom. The number of nitrogen functional groups attached to an aromatic ring is 1. The number of aromatic nitrogens is 4. The van der Waals surface area contributed by atoms with Crippen molar-refractivity contribution in [2.75, 3.05) is 35.2 Å². The fraction of sp³-hybridized carbons (Fsp3) is 0.417. The molecular weight excluding hydrogens is 576 g/mol. The van der Waals surface area contributed by atoms with Crippen LogP contribution in [0.2, 0.25) is 0 Å². The number of nitrogens with two attached hydrogens (primary N) is 2. The number of anilines is 3. The summed E-state index contributed by atoms with van der Waals surface area (Å²) in [6.45, 7) is 2.94. The molecule has 2 aliphatic heterocycles. The van der Waals surface area contributed by atoms with Crippen molar-refractivity contribution in [3.63, 3.8) is 0 Å². The van der Waals surface area contributed by atoms with Crippen LogP contribution < -0.4 is 21.3 Å². The van der Waals surface area contributed by atoms with Gasteiger partial charge < -0.3 is 16.4 Å². The summed E-state index contributed by atoms with van der Waals surface area (Å²) in [4.78, 5) is 26.5. The number of rotatable bonds is 2. The monoisotopic (exact) mass is 600 g/mol. The smallest absolute Gasteiger partial charge is 0.281 e. The summed E-state index contributed by atoms with van der Waals surface area (Å²) >= 11 is 7.06. The molecular formula is C24H26Br2N8O. The van der Waals surface area contributed by atoms with Crippen LogP contribution in [0.25, 0.3) is 0 Å². The van der Waals surface area contributed by atoms with Crippen molar-refractivity contribution in [2.24, 2.45) is 11.1 Å². The number of nitrogens with zero attached hydrogens (tertiary/aromatic N) is 6. The highest BCUT2D eigenvalue weighted by Gasteiger charge is 2.46. The third kappa shape index (κ3) is 3.66. The van der Waals surface area contributed by atoms with E-state index in [0.717, 1.165) is 55.6 Å². The minimum absolute atomic E-state index is 0.0535. The molecule has 1 spiro atoms. The van der Waals surface area contributed by atoms with E-state index in [2.05, 4.69) is 76.1 Å². The molecule has 1 amide bonds. The highest BCUT2D eigenvalue weighted by atomic mass is 79.9. The van der Waals surface area contributed by atoms with E-state index < -0.39 is 0 Å². The highest BCUT2D eigenvalue weighted by molar-refractivity contribution is 9.10. The quantitative estimate of drug-likeness (QED) is 0.460. The van der Waals surface area contributed by atoms with Crippen LogP contribution in [0, 0.1) is 5.41 Å². The summed E-state index contributed by atoms with van der Waals surface area (Å²) in [5, 5.41) is 4.33. The Morgan fingerprint density at radius 3 is 2.63 bits per heavy atom. The van der Waals surface area contributed by atoms with Gasteiger partial charge in [-0.3, -0.25) is 9.69 Å². The van der Waals surface area contributed by atoms with E-state index in [-0.39, 0.29) is 28.9 Å². The lowest BCUT2D eigenvalue weighted by Crippen LogP contribution is -2.45. The molecule has 1 saturated heterocycles. The Hall–Kier alpha value is -2.50. The first-order valence-corrected chi connectivity index (χ1v) is 13.4. The predicted molar refractivity (Wildman–Crippen MR) is 141 cm³/mol. The third-order valence-corrected chi connectivity index (χ3v) is 8.83. The van der Waals surface area contributed by atoms with E-state index in [1.54, 1.807) is 11.1 Å². The molecule has 6 rings (SSSR count). The summed E-state index contributed by atoms with van der Waals surface area (Å²) in [5.74, 6) is 1.24. The molecule has 0 bridgehead atoms. The van der Waals surface area contributed by atoms with Gasteiger partial charge in [-0.2, -0.15) is 5.10 Å². The maximum absolute atomic E-state index is 13.4. The van der Waals surface area contributed by atoms with Crippen LogP contribution >= 0.6 is 31.9 Å². The molecule has 35 heavy (non-hydrogen) atoms. The molecule has 1 aliphatic carbocycles. The average molecular weight is 602 g/mol. The van der Waals surface area contributed by atoms with Crippen molar-refractivity contribution in [3.05, 3.63) is 56.4 Å². The van der Waals surface area contributed by atoms with Crippen LogP contribution in [0.5, 0.6) is 0 Å². The molecule has 0 radical (unpaired) electrons. The van der Waals surface area contributed by atoms with Crippen molar-refractivity contribution in [1.82, 2.24) is 19.7 Å². The Bertz CT molecular complexity index is 1320. The van der Waals surface area contributed by atoms with Gasteiger partial charge in [0.25, 0.3) is 5.91 Å². The van der Waals surface area contributed by atoms with Gasteiger partial charge in [-0.1, -0.05) is 24.3 Å². The first-order valence-electron chi connectivity index (χ1n) is 11.8. The van der Waals surface area contributed by atoms with Crippen molar-refractivity contribution in [3.8, 4) is 0 Å². The fourth-order valence-electron chi connectivity index (χ4n) is 5.84. The van der Waals surface area contributed by atoms with Crippen LogP contribution in [0.3, 0.4) is 0 Å². The van der Waals surface area contributed by atoms with Crippen LogP contribution in [-0.4, -0.2) is 45.3 Å². The summed E-state index contributed by atoms with van der Waals surface area (Å²) in [5.41, 5.74) is 15.9. The largest absolute Gasteiger partial charge is 0.382 e. The Morgan fingerprint density at radius 1 is 1.09 bits per heavy atom. The number of hydrogen-bond acceptors (Lipinski definition) is 7. The van der Waals surface area contributed by atoms with Gasteiger partial charge in [-0.25, -0.2) is 14.6 Å². The Labute approximate surface area is 220 Å². The molecule has 1 atom stereocenters. The lowest BCUT2D eigenvalue weighted by atomic mass is 9.73. The number of benzene rings is 1. The minimum atomic E-state index is -0.281. The number of carbonyl (C=O) groups excluding carboxylic acids is 1. The molecule has 1 aromatic carbocycles. The lowest BCUT2D eigenvalue weighted by molar-refractivity contribution is 0.0976. The van der Waals surface area contributed by atoms with E-state index in [1.165, 1.54) is 11.1 Å². The van der Waals surface area contributed by atoms with Gasteiger partial charge in [-0.15, -0.1) is 0 Å². The van der Waals surface area contributed by atoms with Crippen LogP contribution in [0.1, 0.15) is 46.9 Å². The first kappa shape index (κ1) is 22.9. The zero-order valence-electron chi connectivity index (χ0n) is 19.1. The molecule has 3 aliphatic rings. The zero-order valence-corrected chi connectivity index (χ0v) is 22.3. The number of piperidine rings is 1. The van der Waals surface area contributed by atoms with Crippen molar-refractivity contribution in [2.45, 2.75) is 38.3 Å². The number of hydrogen-bond donors (Lipinski definition) is 2. The predicted octanol–water partition coefficient (Wildman–Crippen LogP) is 3.67. The number of aryl methyl sites for hydroxylation is 1. The van der Waals surface area contributed by atoms with Gasteiger partial charge in [-0.05, 0) is 74.1 Å². The molecule has 1 fully saturated rings. The van der Waals surface area contributed by atoms with Gasteiger partial charge in [0.05, 0.1) is 10.7 Å². The number of fused-ring (bicyclic) bond motifs is 2. The summed E-state index contributed by atoms with van der Waals surface area (Å²) in [6.07, 6.45) is 5.45. The second-order valence-electron chi connectivity index (χ2n) is 9.62. The molecule has 2 aromatic heterocycles. The second-order valence-corrected chi connectivity index (χ2v) is 11.2. The molecule has 1 unspecified atom stereocenters. The number of halogens is 2. The van der Waals surface area contributed by atoms with Crippen LogP contribution in [0.4, 0.5) is 17.5 Å². The normalized spacial score (nSPS) is 20.7. The Balaban J connectivity index is 1.22. The molecule has 11 heteroatoms. The van der Waals surface area contributed by atoms with Gasteiger partial charge >= 0.3 is 0 Å². The Kier molecular flexibility index (Phi) is 5.61. The first-order chi connectivity index (χ1) is 16.9. The maximum atomic E-state index is 13.4. The average Bonchev–Trinajstić information content (AvgIpc) is 3.38. The fourth-order valence-corrected chi connectivity index (χ4v) is 6.87. The molecule has 4 heterocycles. The van der Waals surface area contributed by atoms with Gasteiger partial charge in [0.2, 0.25) is 0 Å². The van der Waals surface area contributed by atoms with Crippen molar-refractivity contribution < 1.29 is 4.79 Å². The molecule has 3 aromatic rings. The van der Waals surface area contributed by atoms with Crippen LogP contribution in [0.15, 0.2) is 39.5 Å². The zero-order chi connectivity index (χ0) is 24.3. The van der Waals surface area contributed by atoms with Gasteiger partial charge in [0.15, 0.2) is 17.3 Å². The maximum Gasteiger partial charge on any atom is 0.281 e. The molecule has 4 N–H and O–H groups in total. The standard InChI is InChI=1S/C24H26Br2N8O/c25-16-13-29-34-9-3-8-33(22(16)34)23(35)17-20(28)31-21(19(26)30-17)32-10-6-24(7-11-32)12-14-4-1-2-5-15(14)18(24)27/h1-2,4-5,13,18H,3,6-12,27H2,(H2,28,31). The SMILES string of the molecule is Nc1nc(N2CCC3(CC2)Cc2ccccc2C3N)c(Br)nc1C(=O)N1CCCn2ncc(Br)c21. The minimum Gasteiger partial charge on any atom is -0.382 e. The summed E-state index contributed by atoms with van der Waals surface area (Å²) in [7, 11) is 0. The highest BCUT2D eigenvalue weighted by Crippen LogP contribution is 2.51. The molecule has 9 nitrogen and oxygen atoms in total. The second kappa shape index (κ2) is 8.56. The van der Waals surface area contributed by atoms with Crippen LogP contribution in [-0.2, 0) is 13.0 Å². The number of amides is 1. The summed E-state index contributed by atoms with van der Waals surface area (Å²) in [6, 6.07) is 8.57. The topological polar surface area (TPSA) is 119 Å². The summed E-state index contributed by atoms with van der Waals surface area (Å²) < 4.78 is 3.10. The van der Waals surface area contributed by atoms with E-state index in [4.69, 9.17) is 11.5 Å².